The molecule has 0 aromatic heterocycles. The van der Waals surface area contributed by atoms with Crippen molar-refractivity contribution >= 4 is 9.84 Å². The summed E-state index contributed by atoms with van der Waals surface area (Å²) in [7, 11) is -3.14. The molecule has 3 atom stereocenters. The zero-order valence-electron chi connectivity index (χ0n) is 12.2. The van der Waals surface area contributed by atoms with Crippen molar-refractivity contribution < 1.29 is 8.42 Å². The molecule has 0 heterocycles. The first-order chi connectivity index (χ1) is 8.09. The number of hydrogen-bond donors (Lipinski definition) is 2. The van der Waals surface area contributed by atoms with Crippen LogP contribution in [0.4, 0.5) is 0 Å². The topological polar surface area (TPSA) is 72.2 Å². The highest BCUT2D eigenvalue weighted by molar-refractivity contribution is 7.92. The maximum atomic E-state index is 12.0. The summed E-state index contributed by atoms with van der Waals surface area (Å²) in [5, 5.41) is 0. The molecule has 3 N–H and O–H groups in total. The number of hydrazine groups is 1. The third kappa shape index (κ3) is 3.25. The molecule has 0 aliphatic heterocycles. The van der Waals surface area contributed by atoms with Gasteiger partial charge in [0.15, 0.2) is 9.84 Å². The number of rotatable bonds is 4. The molecule has 1 aliphatic rings. The van der Waals surface area contributed by atoms with Gasteiger partial charge < -0.3 is 0 Å². The molecule has 4 nitrogen and oxygen atoms in total. The van der Waals surface area contributed by atoms with Crippen molar-refractivity contribution in [2.24, 2.45) is 23.6 Å². The van der Waals surface area contributed by atoms with Crippen LogP contribution in [0.3, 0.4) is 0 Å². The van der Waals surface area contributed by atoms with E-state index in [0.717, 1.165) is 12.8 Å². The Bertz CT molecular complexity index is 368. The van der Waals surface area contributed by atoms with Gasteiger partial charge in [-0.3, -0.25) is 11.3 Å². The smallest absolute Gasteiger partial charge is 0.154 e. The third-order valence-corrected chi connectivity index (χ3v) is 6.74. The molecule has 1 saturated carbocycles. The molecule has 0 bridgehead atoms. The van der Waals surface area contributed by atoms with E-state index in [9.17, 15) is 8.42 Å². The van der Waals surface area contributed by atoms with Crippen LogP contribution in [0.1, 0.15) is 47.0 Å². The molecule has 0 aromatic rings. The van der Waals surface area contributed by atoms with Gasteiger partial charge >= 0.3 is 0 Å². The quantitative estimate of drug-likeness (QED) is 0.606. The number of sulfone groups is 1. The standard InChI is InChI=1S/C13H28N2O2S/c1-9-6-10(2)8-11(7-9)12(15-14)13(3,4)18(5,16)17/h9-12,15H,6-8,14H2,1-5H3. The summed E-state index contributed by atoms with van der Waals surface area (Å²) >= 11 is 0. The predicted molar refractivity (Wildman–Crippen MR) is 75.7 cm³/mol. The average molecular weight is 276 g/mol. The maximum Gasteiger partial charge on any atom is 0.154 e. The van der Waals surface area contributed by atoms with Crippen LogP contribution in [0.15, 0.2) is 0 Å². The Morgan fingerprint density at radius 3 is 1.94 bits per heavy atom. The molecule has 0 amide bonds. The lowest BCUT2D eigenvalue weighted by Gasteiger charge is -2.42. The highest BCUT2D eigenvalue weighted by atomic mass is 32.2. The summed E-state index contributed by atoms with van der Waals surface area (Å²) in [5.74, 6) is 7.28. The molecular formula is C13H28N2O2S. The number of nitrogens with two attached hydrogens (primary N) is 1. The molecule has 5 heteroatoms. The zero-order valence-corrected chi connectivity index (χ0v) is 13.0. The number of nitrogens with one attached hydrogen (secondary N) is 1. The van der Waals surface area contributed by atoms with E-state index in [2.05, 4.69) is 19.3 Å². The van der Waals surface area contributed by atoms with Crippen LogP contribution < -0.4 is 11.3 Å². The predicted octanol–water partition coefficient (Wildman–Crippen LogP) is 1.71. The minimum absolute atomic E-state index is 0.183. The summed E-state index contributed by atoms with van der Waals surface area (Å²) in [6.07, 6.45) is 4.64. The Kier molecular flexibility index (Phi) is 4.84. The second kappa shape index (κ2) is 5.47. The molecule has 1 fully saturated rings. The lowest BCUT2D eigenvalue weighted by atomic mass is 9.71. The van der Waals surface area contributed by atoms with Crippen molar-refractivity contribution in [1.82, 2.24) is 5.43 Å². The first-order valence-corrected chi connectivity index (χ1v) is 8.64. The fourth-order valence-corrected chi connectivity index (χ4v) is 4.14. The van der Waals surface area contributed by atoms with Crippen LogP contribution in [0.5, 0.6) is 0 Å². The van der Waals surface area contributed by atoms with E-state index in [4.69, 9.17) is 5.84 Å². The van der Waals surface area contributed by atoms with Crippen LogP contribution >= 0.6 is 0 Å². The van der Waals surface area contributed by atoms with Crippen molar-refractivity contribution in [2.45, 2.75) is 57.7 Å². The largest absolute Gasteiger partial charge is 0.271 e. The van der Waals surface area contributed by atoms with E-state index in [1.807, 2.05) is 0 Å². The lowest BCUT2D eigenvalue weighted by Crippen LogP contribution is -2.58. The average Bonchev–Trinajstić information content (AvgIpc) is 2.14. The SMILES string of the molecule is CC1CC(C)CC(C(NN)C(C)(C)S(C)(=O)=O)C1. The van der Waals surface area contributed by atoms with E-state index in [0.29, 0.717) is 17.8 Å². The maximum absolute atomic E-state index is 12.0. The normalized spacial score (nSPS) is 32.2. The molecule has 18 heavy (non-hydrogen) atoms. The first-order valence-electron chi connectivity index (χ1n) is 6.75. The van der Waals surface area contributed by atoms with Crippen LogP contribution in [0.2, 0.25) is 0 Å². The van der Waals surface area contributed by atoms with Crippen LogP contribution in [-0.2, 0) is 9.84 Å². The van der Waals surface area contributed by atoms with Gasteiger partial charge in [-0.2, -0.15) is 0 Å². The second-order valence-corrected chi connectivity index (χ2v) is 9.29. The van der Waals surface area contributed by atoms with Crippen LogP contribution in [0.25, 0.3) is 0 Å². The second-order valence-electron chi connectivity index (χ2n) is 6.70. The molecule has 0 radical (unpaired) electrons. The van der Waals surface area contributed by atoms with Crippen molar-refractivity contribution in [3.63, 3.8) is 0 Å². The zero-order chi connectivity index (χ0) is 14.1. The van der Waals surface area contributed by atoms with Gasteiger partial charge in [-0.15, -0.1) is 0 Å². The fraction of sp³-hybridized carbons (Fsp3) is 1.00. The van der Waals surface area contributed by atoms with Crippen molar-refractivity contribution in [2.75, 3.05) is 6.26 Å². The van der Waals surface area contributed by atoms with Gasteiger partial charge in [-0.25, -0.2) is 8.42 Å². The molecule has 1 aliphatic carbocycles. The Morgan fingerprint density at radius 1 is 1.17 bits per heavy atom. The molecule has 0 saturated heterocycles. The van der Waals surface area contributed by atoms with E-state index in [1.54, 1.807) is 13.8 Å². The Balaban J connectivity index is 2.96. The summed E-state index contributed by atoms with van der Waals surface area (Å²) in [6, 6.07) is -0.183. The molecule has 0 spiro atoms. The molecule has 1 rings (SSSR count). The van der Waals surface area contributed by atoms with Gasteiger partial charge in [0.2, 0.25) is 0 Å². The van der Waals surface area contributed by atoms with E-state index < -0.39 is 14.6 Å². The Labute approximate surface area is 112 Å². The minimum atomic E-state index is -3.14. The van der Waals surface area contributed by atoms with E-state index >= 15 is 0 Å². The van der Waals surface area contributed by atoms with Gasteiger partial charge in [-0.1, -0.05) is 13.8 Å². The number of hydrogen-bond acceptors (Lipinski definition) is 4. The molecule has 0 aromatic carbocycles. The monoisotopic (exact) mass is 276 g/mol. The van der Waals surface area contributed by atoms with E-state index in [-0.39, 0.29) is 6.04 Å². The van der Waals surface area contributed by atoms with Gasteiger partial charge in [0.05, 0.1) is 4.75 Å². The highest BCUT2D eigenvalue weighted by Gasteiger charge is 2.44. The summed E-state index contributed by atoms with van der Waals surface area (Å²) in [4.78, 5) is 0. The fourth-order valence-electron chi connectivity index (χ4n) is 3.42. The Hall–Kier alpha value is -0.130. The molecule has 3 unspecified atom stereocenters. The van der Waals surface area contributed by atoms with Crippen molar-refractivity contribution in [3.8, 4) is 0 Å². The van der Waals surface area contributed by atoms with E-state index in [1.165, 1.54) is 12.7 Å². The van der Waals surface area contributed by atoms with Gasteiger partial charge in [0.1, 0.15) is 0 Å². The Morgan fingerprint density at radius 2 is 1.61 bits per heavy atom. The van der Waals surface area contributed by atoms with Gasteiger partial charge in [0, 0.05) is 12.3 Å². The van der Waals surface area contributed by atoms with Gasteiger partial charge in [-0.05, 0) is 50.9 Å². The van der Waals surface area contributed by atoms with Crippen molar-refractivity contribution in [3.05, 3.63) is 0 Å². The van der Waals surface area contributed by atoms with Crippen LogP contribution in [0, 0.1) is 17.8 Å². The summed E-state index contributed by atoms with van der Waals surface area (Å²) in [5.41, 5.74) is 2.78. The first kappa shape index (κ1) is 15.9. The third-order valence-electron chi connectivity index (χ3n) is 4.57. The summed E-state index contributed by atoms with van der Waals surface area (Å²) < 4.78 is 23.1. The van der Waals surface area contributed by atoms with Gasteiger partial charge in [0.25, 0.3) is 0 Å². The minimum Gasteiger partial charge on any atom is -0.271 e. The summed E-state index contributed by atoms with van der Waals surface area (Å²) in [6.45, 7) is 8.03. The van der Waals surface area contributed by atoms with Crippen LogP contribution in [-0.4, -0.2) is 25.5 Å². The van der Waals surface area contributed by atoms with Crippen molar-refractivity contribution in [1.29, 1.82) is 0 Å². The highest BCUT2D eigenvalue weighted by Crippen LogP contribution is 2.38. The molecular weight excluding hydrogens is 248 g/mol. The lowest BCUT2D eigenvalue weighted by molar-refractivity contribution is 0.158. The molecule has 108 valence electrons.